The van der Waals surface area contributed by atoms with Crippen molar-refractivity contribution in [1.29, 1.82) is 0 Å². The molecule has 3 rings (SSSR count). The first kappa shape index (κ1) is 18.4. The van der Waals surface area contributed by atoms with Crippen molar-refractivity contribution in [3.8, 4) is 0 Å². The molecule has 0 aromatic heterocycles. The van der Waals surface area contributed by atoms with Crippen LogP contribution in [0.4, 0.5) is 5.69 Å². The lowest BCUT2D eigenvalue weighted by Crippen LogP contribution is -2.53. The molecule has 0 aliphatic carbocycles. The minimum Gasteiger partial charge on any atom is -0.369 e. The number of hydrogen-bond donors (Lipinski definition) is 0. The maximum absolute atomic E-state index is 12.9. The Morgan fingerprint density at radius 2 is 1.32 bits per heavy atom. The Kier molecular flexibility index (Phi) is 5.76. The van der Waals surface area contributed by atoms with Gasteiger partial charge in [-0.2, -0.15) is 17.0 Å². The second-order valence-electron chi connectivity index (χ2n) is 6.81. The molecule has 2 heterocycles. The third-order valence-corrected chi connectivity index (χ3v) is 7.13. The van der Waals surface area contributed by atoms with E-state index in [9.17, 15) is 13.2 Å². The van der Waals surface area contributed by atoms with Crippen LogP contribution in [-0.2, 0) is 10.2 Å². The predicted molar refractivity (Wildman–Crippen MR) is 99.2 cm³/mol. The van der Waals surface area contributed by atoms with Gasteiger partial charge in [0, 0.05) is 50.5 Å². The van der Waals surface area contributed by atoms with Crippen LogP contribution in [0.5, 0.6) is 0 Å². The maximum Gasteiger partial charge on any atom is 0.282 e. The summed E-state index contributed by atoms with van der Waals surface area (Å²) in [5.41, 5.74) is 1.74. The number of anilines is 1. The molecule has 0 saturated carbocycles. The van der Waals surface area contributed by atoms with Crippen LogP contribution < -0.4 is 4.90 Å². The number of carbonyl (C=O) groups is 1. The van der Waals surface area contributed by atoms with Crippen molar-refractivity contribution in [2.75, 3.05) is 44.2 Å². The van der Waals surface area contributed by atoms with Crippen LogP contribution in [-0.4, -0.2) is 62.1 Å². The van der Waals surface area contributed by atoms with Crippen molar-refractivity contribution in [3.63, 3.8) is 0 Å². The normalized spacial score (nSPS) is 21.1. The van der Waals surface area contributed by atoms with Crippen molar-refractivity contribution < 1.29 is 13.2 Å². The van der Waals surface area contributed by atoms with Crippen LogP contribution in [0.1, 0.15) is 43.0 Å². The van der Waals surface area contributed by atoms with E-state index >= 15 is 0 Å². The molecule has 2 saturated heterocycles. The van der Waals surface area contributed by atoms with Crippen LogP contribution in [0.2, 0.25) is 0 Å². The lowest BCUT2D eigenvalue weighted by Gasteiger charge is -2.37. The zero-order valence-corrected chi connectivity index (χ0v) is 15.7. The zero-order chi connectivity index (χ0) is 17.9. The highest BCUT2D eigenvalue weighted by Crippen LogP contribution is 2.21. The predicted octanol–water partition coefficient (Wildman–Crippen LogP) is 2.13. The number of hydrogen-bond acceptors (Lipinski definition) is 4. The van der Waals surface area contributed by atoms with Crippen LogP contribution >= 0.6 is 0 Å². The number of carbonyl (C=O) groups excluding carboxylic acids is 1. The summed E-state index contributed by atoms with van der Waals surface area (Å²) in [5.74, 6) is 0.0555. The van der Waals surface area contributed by atoms with Crippen LogP contribution in [0.15, 0.2) is 24.3 Å². The summed E-state index contributed by atoms with van der Waals surface area (Å²) in [5, 5.41) is 0. The Morgan fingerprint density at radius 3 is 1.84 bits per heavy atom. The first-order valence-corrected chi connectivity index (χ1v) is 10.5. The van der Waals surface area contributed by atoms with E-state index in [1.807, 2.05) is 24.3 Å². The lowest BCUT2D eigenvalue weighted by atomic mass is 10.1. The zero-order valence-electron chi connectivity index (χ0n) is 14.9. The summed E-state index contributed by atoms with van der Waals surface area (Å²) in [6, 6.07) is 7.54. The van der Waals surface area contributed by atoms with Gasteiger partial charge in [0.15, 0.2) is 5.78 Å². The largest absolute Gasteiger partial charge is 0.369 e. The fraction of sp³-hybridized carbons (Fsp3) is 0.611. The number of nitrogens with zero attached hydrogens (tertiary/aromatic N) is 3. The van der Waals surface area contributed by atoms with Gasteiger partial charge in [-0.15, -0.1) is 0 Å². The number of piperazine rings is 1. The molecule has 0 N–H and O–H groups in total. The quantitative estimate of drug-likeness (QED) is 0.767. The van der Waals surface area contributed by atoms with Crippen molar-refractivity contribution in [3.05, 3.63) is 29.8 Å². The smallest absolute Gasteiger partial charge is 0.282 e. The second kappa shape index (κ2) is 7.85. The van der Waals surface area contributed by atoms with Gasteiger partial charge in [0.25, 0.3) is 10.2 Å². The molecule has 7 heteroatoms. The molecule has 2 aliphatic rings. The number of rotatable bonds is 4. The van der Waals surface area contributed by atoms with Gasteiger partial charge in [0.2, 0.25) is 0 Å². The van der Waals surface area contributed by atoms with Gasteiger partial charge in [0.1, 0.15) is 0 Å². The van der Waals surface area contributed by atoms with Gasteiger partial charge >= 0.3 is 0 Å². The van der Waals surface area contributed by atoms with Crippen molar-refractivity contribution >= 4 is 21.7 Å². The number of ketones is 1. The van der Waals surface area contributed by atoms with Gasteiger partial charge in [-0.25, -0.2) is 0 Å². The monoisotopic (exact) mass is 365 g/mol. The van der Waals surface area contributed by atoms with Gasteiger partial charge in [-0.05, 0) is 44.0 Å². The van der Waals surface area contributed by atoms with Crippen molar-refractivity contribution in [1.82, 2.24) is 8.61 Å². The van der Waals surface area contributed by atoms with E-state index in [0.717, 1.165) is 31.4 Å². The molecule has 2 fully saturated rings. The summed E-state index contributed by atoms with van der Waals surface area (Å²) >= 11 is 0. The van der Waals surface area contributed by atoms with E-state index in [1.54, 1.807) is 15.5 Å². The lowest BCUT2D eigenvalue weighted by molar-refractivity contribution is 0.101. The summed E-state index contributed by atoms with van der Waals surface area (Å²) in [6.07, 6.45) is 4.16. The SMILES string of the molecule is CC(=O)c1ccc(N2CCN(S(=O)(=O)N3CCCCCC3)CC2)cc1. The average Bonchev–Trinajstić information content (AvgIpc) is 2.92. The third-order valence-electron chi connectivity index (χ3n) is 5.10. The van der Waals surface area contributed by atoms with Crippen LogP contribution in [0.25, 0.3) is 0 Å². The number of benzene rings is 1. The second-order valence-corrected chi connectivity index (χ2v) is 8.74. The average molecular weight is 365 g/mol. The van der Waals surface area contributed by atoms with E-state index < -0.39 is 10.2 Å². The minimum absolute atomic E-state index is 0.0555. The van der Waals surface area contributed by atoms with E-state index in [1.165, 1.54) is 0 Å². The Labute approximate surface area is 150 Å². The van der Waals surface area contributed by atoms with E-state index in [4.69, 9.17) is 0 Å². The molecule has 138 valence electrons. The van der Waals surface area contributed by atoms with E-state index in [0.29, 0.717) is 44.8 Å². The molecule has 0 amide bonds. The highest BCUT2D eigenvalue weighted by Gasteiger charge is 2.32. The molecule has 25 heavy (non-hydrogen) atoms. The molecule has 0 radical (unpaired) electrons. The third kappa shape index (κ3) is 4.22. The first-order chi connectivity index (χ1) is 12.0. The molecule has 0 unspecified atom stereocenters. The topological polar surface area (TPSA) is 60.9 Å². The first-order valence-electron chi connectivity index (χ1n) is 9.09. The summed E-state index contributed by atoms with van der Waals surface area (Å²) in [7, 11) is -3.34. The van der Waals surface area contributed by atoms with Crippen molar-refractivity contribution in [2.24, 2.45) is 0 Å². The standard InChI is InChI=1S/C18H27N3O3S/c1-16(22)17-6-8-18(9-7-17)19-12-14-21(15-13-19)25(23,24)20-10-4-2-3-5-11-20/h6-9H,2-5,10-15H2,1H3. The molecule has 0 spiro atoms. The molecule has 1 aromatic rings. The van der Waals surface area contributed by atoms with Gasteiger partial charge in [-0.1, -0.05) is 12.8 Å². The van der Waals surface area contributed by atoms with Gasteiger partial charge in [0.05, 0.1) is 0 Å². The van der Waals surface area contributed by atoms with E-state index in [-0.39, 0.29) is 5.78 Å². The van der Waals surface area contributed by atoms with Crippen molar-refractivity contribution in [2.45, 2.75) is 32.6 Å². The van der Waals surface area contributed by atoms with Crippen LogP contribution in [0, 0.1) is 0 Å². The van der Waals surface area contributed by atoms with Gasteiger partial charge < -0.3 is 4.90 Å². The van der Waals surface area contributed by atoms with Gasteiger partial charge in [-0.3, -0.25) is 4.79 Å². The summed E-state index contributed by atoms with van der Waals surface area (Å²) in [6.45, 7) is 5.21. The minimum atomic E-state index is -3.34. The Balaban J connectivity index is 1.61. The molecule has 6 nitrogen and oxygen atoms in total. The molecule has 0 atom stereocenters. The maximum atomic E-state index is 12.9. The van der Waals surface area contributed by atoms with E-state index in [2.05, 4.69) is 4.90 Å². The fourth-order valence-corrected chi connectivity index (χ4v) is 5.19. The molecular weight excluding hydrogens is 338 g/mol. The Bertz CT molecular complexity index is 687. The molecule has 2 aliphatic heterocycles. The highest BCUT2D eigenvalue weighted by molar-refractivity contribution is 7.86. The molecule has 0 bridgehead atoms. The molecular formula is C18H27N3O3S. The fourth-order valence-electron chi connectivity index (χ4n) is 3.52. The Hall–Kier alpha value is -1.44. The summed E-state index contributed by atoms with van der Waals surface area (Å²) in [4.78, 5) is 13.5. The number of Topliss-reactive ketones (excluding diaryl/α,β-unsaturated/α-hetero) is 1. The highest BCUT2D eigenvalue weighted by atomic mass is 32.2. The Morgan fingerprint density at radius 1 is 0.800 bits per heavy atom. The van der Waals surface area contributed by atoms with Crippen LogP contribution in [0.3, 0.4) is 0 Å². The molecule has 1 aromatic carbocycles. The summed E-state index contributed by atoms with van der Waals surface area (Å²) < 4.78 is 29.0.